The highest BCUT2D eigenvalue weighted by molar-refractivity contribution is 6.40. The summed E-state index contributed by atoms with van der Waals surface area (Å²) in [7, 11) is 0. The lowest BCUT2D eigenvalue weighted by Crippen LogP contribution is -2.23. The molecule has 0 fully saturated rings. The quantitative estimate of drug-likeness (QED) is 0.463. The molecule has 0 saturated heterocycles. The lowest BCUT2D eigenvalue weighted by molar-refractivity contribution is -0.142. The molecule has 0 N–H and O–H groups in total. The molecule has 2 rings (SSSR count). The van der Waals surface area contributed by atoms with Crippen molar-refractivity contribution in [3.63, 3.8) is 0 Å². The molecule has 1 unspecified atom stereocenters. The molecule has 108 valence electrons. The van der Waals surface area contributed by atoms with Crippen LogP contribution in [0.15, 0.2) is 60.7 Å². The summed E-state index contributed by atoms with van der Waals surface area (Å²) in [5, 5.41) is 0. The average Bonchev–Trinajstić information content (AvgIpc) is 2.54. The number of carbonyl (C=O) groups excluding carboxylic acids is 2. The smallest absolute Gasteiger partial charge is 0.379 e. The Balaban J connectivity index is 1.83. The van der Waals surface area contributed by atoms with E-state index >= 15 is 0 Å². The summed E-state index contributed by atoms with van der Waals surface area (Å²) < 4.78 is 5.20. The summed E-state index contributed by atoms with van der Waals surface area (Å²) in [4.78, 5) is 23.7. The highest BCUT2D eigenvalue weighted by Gasteiger charge is 2.19. The topological polar surface area (TPSA) is 43.4 Å². The van der Waals surface area contributed by atoms with Crippen molar-refractivity contribution < 1.29 is 14.3 Å². The molecule has 0 heterocycles. The van der Waals surface area contributed by atoms with Gasteiger partial charge in [0, 0.05) is 5.56 Å². The van der Waals surface area contributed by atoms with E-state index in [1.54, 1.807) is 37.3 Å². The molecule has 0 aromatic heterocycles. The molecule has 0 aliphatic rings. The van der Waals surface area contributed by atoms with Gasteiger partial charge in [0.15, 0.2) is 0 Å². The Kier molecular flexibility index (Phi) is 5.27. The Morgan fingerprint density at radius 1 is 0.952 bits per heavy atom. The molecule has 0 aliphatic heterocycles. The zero-order chi connectivity index (χ0) is 15.1. The third-order valence-electron chi connectivity index (χ3n) is 3.21. The second-order valence-electron chi connectivity index (χ2n) is 4.94. The van der Waals surface area contributed by atoms with Gasteiger partial charge in [0.1, 0.15) is 0 Å². The lowest BCUT2D eigenvalue weighted by Gasteiger charge is -2.12. The number of esters is 1. The van der Waals surface area contributed by atoms with Gasteiger partial charge in [-0.2, -0.15) is 0 Å². The number of Topliss-reactive ketones (excluding diaryl/α,β-unsaturated/α-hetero) is 1. The first-order chi connectivity index (χ1) is 10.2. The van der Waals surface area contributed by atoms with Gasteiger partial charge in [-0.1, -0.05) is 60.7 Å². The van der Waals surface area contributed by atoms with Gasteiger partial charge in [-0.25, -0.2) is 4.79 Å². The summed E-state index contributed by atoms with van der Waals surface area (Å²) in [6, 6.07) is 18.4. The predicted molar refractivity (Wildman–Crippen MR) is 81.1 cm³/mol. The fraction of sp³-hybridized carbons (Fsp3) is 0.222. The number of carbonyl (C=O) groups is 2. The summed E-state index contributed by atoms with van der Waals surface area (Å²) in [5.41, 5.74) is 1.55. The van der Waals surface area contributed by atoms with E-state index in [1.165, 1.54) is 5.56 Å². The van der Waals surface area contributed by atoms with Gasteiger partial charge in [0.2, 0.25) is 0 Å². The van der Waals surface area contributed by atoms with Crippen LogP contribution in [0.25, 0.3) is 0 Å². The summed E-state index contributed by atoms with van der Waals surface area (Å²) in [5.74, 6) is -1.39. The van der Waals surface area contributed by atoms with Gasteiger partial charge >= 0.3 is 5.97 Å². The molecule has 2 aromatic carbocycles. The van der Waals surface area contributed by atoms with E-state index < -0.39 is 11.8 Å². The molecule has 3 heteroatoms. The van der Waals surface area contributed by atoms with Gasteiger partial charge in [-0.3, -0.25) is 4.79 Å². The molecule has 0 spiro atoms. The van der Waals surface area contributed by atoms with E-state index in [-0.39, 0.29) is 6.10 Å². The maximum absolute atomic E-state index is 11.9. The van der Waals surface area contributed by atoms with E-state index in [1.807, 2.05) is 30.3 Å². The third kappa shape index (κ3) is 4.56. The molecule has 0 aliphatic carbocycles. The van der Waals surface area contributed by atoms with Crippen LogP contribution in [0.1, 0.15) is 29.3 Å². The first-order valence-corrected chi connectivity index (χ1v) is 7.01. The SMILES string of the molecule is CC(CCc1ccccc1)OC(=O)C(=O)c1ccccc1. The van der Waals surface area contributed by atoms with Crippen molar-refractivity contribution in [2.75, 3.05) is 0 Å². The highest BCUT2D eigenvalue weighted by Crippen LogP contribution is 2.09. The normalized spacial score (nSPS) is 11.7. The van der Waals surface area contributed by atoms with Crippen molar-refractivity contribution in [3.8, 4) is 0 Å². The Labute approximate surface area is 124 Å². The molecule has 0 amide bonds. The first-order valence-electron chi connectivity index (χ1n) is 7.01. The van der Waals surface area contributed by atoms with E-state index in [0.29, 0.717) is 12.0 Å². The van der Waals surface area contributed by atoms with Crippen LogP contribution in [0.5, 0.6) is 0 Å². The number of aryl methyl sites for hydroxylation is 1. The van der Waals surface area contributed by atoms with E-state index in [9.17, 15) is 9.59 Å². The molecule has 1 atom stereocenters. The molecular formula is C18H18O3. The maximum atomic E-state index is 11.9. The van der Waals surface area contributed by atoms with Crippen molar-refractivity contribution in [2.24, 2.45) is 0 Å². The van der Waals surface area contributed by atoms with Crippen LogP contribution in [0.4, 0.5) is 0 Å². The zero-order valence-corrected chi connectivity index (χ0v) is 12.0. The fourth-order valence-corrected chi connectivity index (χ4v) is 2.02. The Morgan fingerprint density at radius 3 is 2.14 bits per heavy atom. The van der Waals surface area contributed by atoms with Crippen LogP contribution in [0, 0.1) is 0 Å². The number of benzene rings is 2. The van der Waals surface area contributed by atoms with E-state index in [2.05, 4.69) is 0 Å². The van der Waals surface area contributed by atoms with Gasteiger partial charge in [-0.15, -0.1) is 0 Å². The number of ether oxygens (including phenoxy) is 1. The number of ketones is 1. The Morgan fingerprint density at radius 2 is 1.52 bits per heavy atom. The largest absolute Gasteiger partial charge is 0.457 e. The molecular weight excluding hydrogens is 264 g/mol. The van der Waals surface area contributed by atoms with Gasteiger partial charge in [0.25, 0.3) is 5.78 Å². The van der Waals surface area contributed by atoms with Gasteiger partial charge in [0.05, 0.1) is 6.10 Å². The summed E-state index contributed by atoms with van der Waals surface area (Å²) >= 11 is 0. The van der Waals surface area contributed by atoms with Crippen LogP contribution < -0.4 is 0 Å². The minimum absolute atomic E-state index is 0.287. The van der Waals surface area contributed by atoms with E-state index in [0.717, 1.165) is 6.42 Å². The van der Waals surface area contributed by atoms with Crippen LogP contribution >= 0.6 is 0 Å². The van der Waals surface area contributed by atoms with Crippen molar-refractivity contribution >= 4 is 11.8 Å². The number of rotatable bonds is 6. The zero-order valence-electron chi connectivity index (χ0n) is 12.0. The first kappa shape index (κ1) is 15.0. The minimum atomic E-state index is -0.790. The molecule has 2 aromatic rings. The molecule has 0 bridgehead atoms. The number of hydrogen-bond donors (Lipinski definition) is 0. The average molecular weight is 282 g/mol. The van der Waals surface area contributed by atoms with Crippen molar-refractivity contribution in [1.82, 2.24) is 0 Å². The Bertz CT molecular complexity index is 590. The van der Waals surface area contributed by atoms with Crippen LogP contribution in [0.3, 0.4) is 0 Å². The summed E-state index contributed by atoms with van der Waals surface area (Å²) in [6.45, 7) is 1.80. The van der Waals surface area contributed by atoms with Crippen LogP contribution in [-0.4, -0.2) is 17.9 Å². The molecule has 3 nitrogen and oxygen atoms in total. The second kappa shape index (κ2) is 7.39. The van der Waals surface area contributed by atoms with Gasteiger partial charge in [-0.05, 0) is 25.3 Å². The predicted octanol–water partition coefficient (Wildman–Crippen LogP) is 3.43. The summed E-state index contributed by atoms with van der Waals surface area (Å²) in [6.07, 6.45) is 1.22. The molecule has 21 heavy (non-hydrogen) atoms. The monoisotopic (exact) mass is 282 g/mol. The molecule has 0 radical (unpaired) electrons. The third-order valence-corrected chi connectivity index (χ3v) is 3.21. The highest BCUT2D eigenvalue weighted by atomic mass is 16.5. The Hall–Kier alpha value is -2.42. The van der Waals surface area contributed by atoms with Gasteiger partial charge < -0.3 is 4.74 Å². The van der Waals surface area contributed by atoms with Crippen molar-refractivity contribution in [1.29, 1.82) is 0 Å². The molecule has 0 saturated carbocycles. The van der Waals surface area contributed by atoms with Crippen molar-refractivity contribution in [2.45, 2.75) is 25.9 Å². The lowest BCUT2D eigenvalue weighted by atomic mass is 10.1. The maximum Gasteiger partial charge on any atom is 0.379 e. The van der Waals surface area contributed by atoms with Crippen LogP contribution in [0.2, 0.25) is 0 Å². The second-order valence-corrected chi connectivity index (χ2v) is 4.94. The number of hydrogen-bond acceptors (Lipinski definition) is 3. The standard InChI is InChI=1S/C18H18O3/c1-14(12-13-15-8-4-2-5-9-15)21-18(20)17(19)16-10-6-3-7-11-16/h2-11,14H,12-13H2,1H3. The van der Waals surface area contributed by atoms with E-state index in [4.69, 9.17) is 4.74 Å². The van der Waals surface area contributed by atoms with Crippen LogP contribution in [-0.2, 0) is 16.0 Å². The van der Waals surface area contributed by atoms with Crippen molar-refractivity contribution in [3.05, 3.63) is 71.8 Å². The minimum Gasteiger partial charge on any atom is -0.457 e. The fourth-order valence-electron chi connectivity index (χ4n) is 2.02.